The average molecular weight is 411 g/mol. The lowest BCUT2D eigenvalue weighted by Crippen LogP contribution is -2.31. The Balaban J connectivity index is 1.59. The number of rotatable bonds is 6. The van der Waals surface area contributed by atoms with Crippen molar-refractivity contribution >= 4 is 26.5 Å². The average Bonchev–Trinajstić information content (AvgIpc) is 3.25. The van der Waals surface area contributed by atoms with Crippen LogP contribution >= 0.6 is 15.8 Å². The lowest BCUT2D eigenvalue weighted by molar-refractivity contribution is 0.498. The van der Waals surface area contributed by atoms with Gasteiger partial charge in [0.2, 0.25) is 0 Å². The van der Waals surface area contributed by atoms with Gasteiger partial charge in [0.25, 0.3) is 0 Å². The molecule has 3 unspecified atom stereocenters. The molecule has 0 amide bonds. The van der Waals surface area contributed by atoms with Gasteiger partial charge in [0.15, 0.2) is 0 Å². The molecule has 0 radical (unpaired) electrons. The van der Waals surface area contributed by atoms with Gasteiger partial charge in [0, 0.05) is 0 Å². The van der Waals surface area contributed by atoms with Crippen LogP contribution in [0.15, 0.2) is 60.7 Å². The molecule has 0 N–H and O–H groups in total. The summed E-state index contributed by atoms with van der Waals surface area (Å²) in [5, 5.41) is 3.14. The van der Waals surface area contributed by atoms with E-state index in [1.54, 1.807) is 10.6 Å². The summed E-state index contributed by atoms with van der Waals surface area (Å²) in [6, 6.07) is 22.8. The van der Waals surface area contributed by atoms with Gasteiger partial charge in [-0.15, -0.1) is 7.92 Å². The molecule has 0 aromatic heterocycles. The Kier molecular flexibility index (Phi) is 7.25. The second-order valence-electron chi connectivity index (χ2n) is 8.90. The van der Waals surface area contributed by atoms with Gasteiger partial charge in [-0.25, -0.2) is 0 Å². The fraction of sp³-hybridized carbons (Fsp3) is 0.538. The molecule has 2 aromatic rings. The summed E-state index contributed by atoms with van der Waals surface area (Å²) in [5.74, 6) is 0.921. The van der Waals surface area contributed by atoms with Crippen LogP contribution < -0.4 is 10.6 Å². The Labute approximate surface area is 175 Å². The monoisotopic (exact) mass is 410 g/mol. The topological polar surface area (TPSA) is 0 Å². The Morgan fingerprint density at radius 1 is 0.714 bits per heavy atom. The third kappa shape index (κ3) is 4.55. The first-order valence-corrected chi connectivity index (χ1v) is 14.7. The van der Waals surface area contributed by atoms with Gasteiger partial charge < -0.3 is 0 Å². The third-order valence-electron chi connectivity index (χ3n) is 7.30. The molecule has 28 heavy (non-hydrogen) atoms. The van der Waals surface area contributed by atoms with Crippen LogP contribution in [0.2, 0.25) is 0 Å². The van der Waals surface area contributed by atoms with Crippen molar-refractivity contribution in [3.63, 3.8) is 0 Å². The molecule has 0 bridgehead atoms. The first-order chi connectivity index (χ1) is 13.8. The van der Waals surface area contributed by atoms with Crippen molar-refractivity contribution in [3.05, 3.63) is 60.7 Å². The van der Waals surface area contributed by atoms with E-state index in [4.69, 9.17) is 0 Å². The van der Waals surface area contributed by atoms with Gasteiger partial charge in [-0.05, 0) is 73.8 Å². The molecule has 2 aliphatic carbocycles. The van der Waals surface area contributed by atoms with Crippen LogP contribution in [0.4, 0.5) is 0 Å². The van der Waals surface area contributed by atoms with Crippen molar-refractivity contribution in [2.45, 2.75) is 75.3 Å². The van der Waals surface area contributed by atoms with Gasteiger partial charge in [-0.1, -0.05) is 93.3 Å². The quantitative estimate of drug-likeness (QED) is 0.445. The van der Waals surface area contributed by atoms with Crippen LogP contribution in [-0.2, 0) is 0 Å². The fourth-order valence-corrected chi connectivity index (χ4v) is 12.2. The van der Waals surface area contributed by atoms with Crippen LogP contribution in [0, 0.1) is 5.92 Å². The molecule has 4 atom stereocenters. The molecule has 0 spiro atoms. The lowest BCUT2D eigenvalue weighted by Gasteiger charge is -2.39. The van der Waals surface area contributed by atoms with Crippen LogP contribution in [0.1, 0.15) is 58.3 Å². The fourth-order valence-electron chi connectivity index (χ4n) is 5.78. The molecule has 4 rings (SSSR count). The van der Waals surface area contributed by atoms with Gasteiger partial charge >= 0.3 is 0 Å². The van der Waals surface area contributed by atoms with Gasteiger partial charge in [0.1, 0.15) is 0 Å². The van der Waals surface area contributed by atoms with Crippen molar-refractivity contribution in [2.75, 3.05) is 6.66 Å². The molecule has 0 heterocycles. The van der Waals surface area contributed by atoms with Crippen molar-refractivity contribution in [3.8, 4) is 0 Å². The van der Waals surface area contributed by atoms with E-state index in [9.17, 15) is 0 Å². The summed E-state index contributed by atoms with van der Waals surface area (Å²) >= 11 is 0. The highest BCUT2D eigenvalue weighted by atomic mass is 31.1. The van der Waals surface area contributed by atoms with Crippen LogP contribution in [0.5, 0.6) is 0 Å². The minimum absolute atomic E-state index is 0.176. The molecule has 0 nitrogen and oxygen atoms in total. The summed E-state index contributed by atoms with van der Waals surface area (Å²) in [6.45, 7) is 5.27. The number of hydrogen-bond donors (Lipinski definition) is 0. The van der Waals surface area contributed by atoms with E-state index in [1.165, 1.54) is 51.4 Å². The normalized spacial score (nSPS) is 25.7. The molecule has 2 fully saturated rings. The minimum atomic E-state index is -0.282. The summed E-state index contributed by atoms with van der Waals surface area (Å²) in [5.41, 5.74) is 2.84. The summed E-state index contributed by atoms with van der Waals surface area (Å²) in [7, 11) is -0.105. The maximum Gasteiger partial charge on any atom is -0.0123 e. The highest BCUT2D eigenvalue weighted by Gasteiger charge is 2.40. The number of hydrogen-bond acceptors (Lipinski definition) is 0. The van der Waals surface area contributed by atoms with E-state index >= 15 is 0 Å². The van der Waals surface area contributed by atoms with Crippen molar-refractivity contribution < 1.29 is 0 Å². The molecule has 2 aliphatic rings. The first-order valence-electron chi connectivity index (χ1n) is 11.4. The summed E-state index contributed by atoms with van der Waals surface area (Å²) in [4.78, 5) is 0. The van der Waals surface area contributed by atoms with Crippen molar-refractivity contribution in [1.82, 2.24) is 0 Å². The van der Waals surface area contributed by atoms with E-state index in [2.05, 4.69) is 74.3 Å². The number of benzene rings is 2. The highest BCUT2D eigenvalue weighted by Crippen LogP contribution is 2.59. The largest absolute Gasteiger partial charge is 0.103 e. The Hall–Kier alpha value is -0.700. The lowest BCUT2D eigenvalue weighted by atomic mass is 10.0. The van der Waals surface area contributed by atoms with E-state index in [-0.39, 0.29) is 15.8 Å². The van der Waals surface area contributed by atoms with Gasteiger partial charge in [0.05, 0.1) is 0 Å². The molecule has 0 aliphatic heterocycles. The molecule has 150 valence electrons. The van der Waals surface area contributed by atoms with E-state index < -0.39 is 0 Å². The van der Waals surface area contributed by atoms with E-state index in [1.807, 2.05) is 0 Å². The maximum atomic E-state index is 2.67. The van der Waals surface area contributed by atoms with E-state index in [0.29, 0.717) is 0 Å². The van der Waals surface area contributed by atoms with Crippen LogP contribution in [0.3, 0.4) is 0 Å². The van der Waals surface area contributed by atoms with Crippen LogP contribution in [0.25, 0.3) is 0 Å². The Morgan fingerprint density at radius 2 is 1.29 bits per heavy atom. The zero-order valence-electron chi connectivity index (χ0n) is 17.6. The molecule has 2 aromatic carbocycles. The molecule has 2 saturated carbocycles. The minimum Gasteiger partial charge on any atom is -0.103 e. The molecular formula is C26H36P2. The second kappa shape index (κ2) is 9.87. The second-order valence-corrected chi connectivity index (χ2v) is 14.2. The Bertz CT molecular complexity index is 668. The summed E-state index contributed by atoms with van der Waals surface area (Å²) < 4.78 is 0. The van der Waals surface area contributed by atoms with Crippen molar-refractivity contribution in [2.24, 2.45) is 5.92 Å². The SMILES string of the molecule is C[C@H](C1CCCC1P(C)C1CCCCC1)P(c1ccccc1)c1ccccc1. The van der Waals surface area contributed by atoms with Crippen molar-refractivity contribution in [1.29, 1.82) is 0 Å². The standard InChI is InChI=1S/C26H36P2/c1-21(25-19-12-20-26(25)27(2)22-13-6-3-7-14-22)28(23-15-8-4-9-16-23)24-17-10-5-11-18-24/h4-5,8-11,15-18,21-22,25-26H,3,6-7,12-14,19-20H2,1-2H3/t21-,25?,26?,27?/m1/s1. The van der Waals surface area contributed by atoms with Crippen LogP contribution in [-0.4, -0.2) is 23.6 Å². The third-order valence-corrected chi connectivity index (χ3v) is 13.6. The molecular weight excluding hydrogens is 374 g/mol. The first kappa shape index (κ1) is 20.6. The molecule has 2 heteroatoms. The predicted molar refractivity (Wildman–Crippen MR) is 129 cm³/mol. The smallest absolute Gasteiger partial charge is 0.0123 e. The molecule has 0 saturated heterocycles. The highest BCUT2D eigenvalue weighted by molar-refractivity contribution is 7.73. The zero-order valence-corrected chi connectivity index (χ0v) is 19.4. The van der Waals surface area contributed by atoms with Gasteiger partial charge in [-0.3, -0.25) is 0 Å². The zero-order chi connectivity index (χ0) is 19.3. The Morgan fingerprint density at radius 3 is 1.86 bits per heavy atom. The van der Waals surface area contributed by atoms with Gasteiger partial charge in [-0.2, -0.15) is 0 Å². The van der Waals surface area contributed by atoms with E-state index in [0.717, 1.165) is 22.9 Å². The predicted octanol–water partition coefficient (Wildman–Crippen LogP) is 7.12. The summed E-state index contributed by atoms with van der Waals surface area (Å²) in [6.07, 6.45) is 11.9. The maximum absolute atomic E-state index is 2.67.